The molecule has 0 aliphatic carbocycles. The number of hydrogen-bond acceptors (Lipinski definition) is 2. The van der Waals surface area contributed by atoms with Crippen LogP contribution in [0.1, 0.15) is 32.8 Å². The second-order valence-corrected chi connectivity index (χ2v) is 5.63. The highest BCUT2D eigenvalue weighted by atomic mass is 79.9. The number of rotatable bonds is 3. The number of thiophene rings is 1. The van der Waals surface area contributed by atoms with Crippen LogP contribution in [0.3, 0.4) is 0 Å². The third kappa shape index (κ3) is 2.34. The van der Waals surface area contributed by atoms with E-state index in [2.05, 4.69) is 41.1 Å². The molecule has 2 rings (SSSR count). The highest BCUT2D eigenvalue weighted by Gasteiger charge is 2.14. The molecule has 2 heterocycles. The van der Waals surface area contributed by atoms with E-state index in [-0.39, 0.29) is 4.83 Å². The van der Waals surface area contributed by atoms with Gasteiger partial charge < -0.3 is 4.42 Å². The predicted molar refractivity (Wildman–Crippen MR) is 67.9 cm³/mol. The lowest BCUT2D eigenvalue weighted by atomic mass is 10.2. The van der Waals surface area contributed by atoms with Crippen molar-refractivity contribution in [2.45, 2.75) is 25.1 Å². The van der Waals surface area contributed by atoms with Gasteiger partial charge in [0.05, 0.1) is 11.1 Å². The van der Waals surface area contributed by atoms with E-state index in [4.69, 9.17) is 4.42 Å². The monoisotopic (exact) mass is 284 g/mol. The van der Waals surface area contributed by atoms with Crippen LogP contribution in [-0.2, 0) is 6.42 Å². The molecular weight excluding hydrogens is 272 g/mol. The molecule has 2 aromatic heterocycles. The first-order valence-electron chi connectivity index (χ1n) is 4.98. The minimum absolute atomic E-state index is 0.264. The van der Waals surface area contributed by atoms with Crippen molar-refractivity contribution in [3.63, 3.8) is 0 Å². The standard InChI is InChI=1S/C12H13BrOS/c1-3-10-4-5-11(15-10)12(13)9-6-8(2)14-7-9/h4-7,12H,3H2,1-2H3. The molecule has 0 saturated heterocycles. The fraction of sp³-hybridized carbons (Fsp3) is 0.333. The first-order valence-corrected chi connectivity index (χ1v) is 6.71. The lowest BCUT2D eigenvalue weighted by Crippen LogP contribution is -1.85. The zero-order chi connectivity index (χ0) is 10.8. The Bertz CT molecular complexity index is 444. The van der Waals surface area contributed by atoms with E-state index >= 15 is 0 Å². The number of furan rings is 1. The van der Waals surface area contributed by atoms with Gasteiger partial charge in [0.1, 0.15) is 5.76 Å². The SMILES string of the molecule is CCc1ccc(C(Br)c2coc(C)c2)s1. The van der Waals surface area contributed by atoms with Crippen molar-refractivity contribution in [2.75, 3.05) is 0 Å². The Kier molecular flexibility index (Phi) is 3.32. The minimum atomic E-state index is 0.264. The molecule has 2 aromatic rings. The lowest BCUT2D eigenvalue weighted by Gasteiger charge is -2.02. The van der Waals surface area contributed by atoms with Crippen LogP contribution in [0, 0.1) is 6.92 Å². The normalized spacial score (nSPS) is 13.0. The average Bonchev–Trinajstić information content (AvgIpc) is 2.84. The van der Waals surface area contributed by atoms with Gasteiger partial charge in [-0.15, -0.1) is 11.3 Å². The first-order chi connectivity index (χ1) is 7.20. The van der Waals surface area contributed by atoms with Gasteiger partial charge in [-0.25, -0.2) is 0 Å². The van der Waals surface area contributed by atoms with Crippen LogP contribution in [0.2, 0.25) is 0 Å². The Labute approximate surface area is 102 Å². The van der Waals surface area contributed by atoms with Gasteiger partial charge in [0.25, 0.3) is 0 Å². The van der Waals surface area contributed by atoms with Gasteiger partial charge in [-0.05, 0) is 31.5 Å². The van der Waals surface area contributed by atoms with Gasteiger partial charge >= 0.3 is 0 Å². The average molecular weight is 285 g/mol. The fourth-order valence-corrected chi connectivity index (χ4v) is 3.11. The van der Waals surface area contributed by atoms with Crippen LogP contribution in [0.15, 0.2) is 28.9 Å². The third-order valence-corrected chi connectivity index (χ3v) is 4.94. The van der Waals surface area contributed by atoms with Crippen LogP contribution >= 0.6 is 27.3 Å². The number of halogens is 1. The molecule has 0 aliphatic rings. The molecule has 1 nitrogen and oxygen atoms in total. The van der Waals surface area contributed by atoms with Crippen molar-refractivity contribution in [3.05, 3.63) is 45.5 Å². The molecule has 0 spiro atoms. The Morgan fingerprint density at radius 3 is 2.80 bits per heavy atom. The lowest BCUT2D eigenvalue weighted by molar-refractivity contribution is 0.532. The summed E-state index contributed by atoms with van der Waals surface area (Å²) in [4.78, 5) is 3.03. The van der Waals surface area contributed by atoms with E-state index in [9.17, 15) is 0 Å². The maximum atomic E-state index is 5.31. The molecule has 1 atom stereocenters. The van der Waals surface area contributed by atoms with Gasteiger partial charge in [0.2, 0.25) is 0 Å². The van der Waals surface area contributed by atoms with E-state index in [0.29, 0.717) is 0 Å². The zero-order valence-electron chi connectivity index (χ0n) is 8.79. The topological polar surface area (TPSA) is 13.1 Å². The second-order valence-electron chi connectivity index (χ2n) is 3.51. The Morgan fingerprint density at radius 2 is 2.27 bits per heavy atom. The Morgan fingerprint density at radius 1 is 1.47 bits per heavy atom. The molecule has 0 aromatic carbocycles. The molecule has 3 heteroatoms. The molecule has 1 unspecified atom stereocenters. The van der Waals surface area contributed by atoms with Gasteiger partial charge in [-0.1, -0.05) is 22.9 Å². The molecule has 0 bridgehead atoms. The molecule has 0 saturated carbocycles. The summed E-state index contributed by atoms with van der Waals surface area (Å²) in [6.45, 7) is 4.15. The van der Waals surface area contributed by atoms with E-state index < -0.39 is 0 Å². The summed E-state index contributed by atoms with van der Waals surface area (Å²) >= 11 is 5.56. The molecule has 0 fully saturated rings. The van der Waals surface area contributed by atoms with E-state index in [1.165, 1.54) is 15.3 Å². The zero-order valence-corrected chi connectivity index (χ0v) is 11.2. The van der Waals surface area contributed by atoms with Crippen LogP contribution in [0.25, 0.3) is 0 Å². The maximum Gasteiger partial charge on any atom is 0.101 e. The van der Waals surface area contributed by atoms with Crippen LogP contribution in [0.5, 0.6) is 0 Å². The van der Waals surface area contributed by atoms with Crippen LogP contribution < -0.4 is 0 Å². The van der Waals surface area contributed by atoms with E-state index in [0.717, 1.165) is 12.2 Å². The molecule has 15 heavy (non-hydrogen) atoms. The van der Waals surface area contributed by atoms with Crippen molar-refractivity contribution in [3.8, 4) is 0 Å². The van der Waals surface area contributed by atoms with Crippen molar-refractivity contribution in [1.29, 1.82) is 0 Å². The predicted octanol–water partition coefficient (Wildman–Crippen LogP) is 4.70. The molecule has 0 aliphatic heterocycles. The maximum absolute atomic E-state index is 5.31. The van der Waals surface area contributed by atoms with Gasteiger partial charge in [-0.3, -0.25) is 0 Å². The summed E-state index contributed by atoms with van der Waals surface area (Å²) in [6.07, 6.45) is 2.93. The third-order valence-electron chi connectivity index (χ3n) is 2.32. The Hall–Kier alpha value is -0.540. The Balaban J connectivity index is 2.23. The molecule has 0 amide bonds. The summed E-state index contributed by atoms with van der Waals surface area (Å²) in [7, 11) is 0. The first kappa shape index (κ1) is 11.0. The quantitative estimate of drug-likeness (QED) is 0.745. The van der Waals surface area contributed by atoms with Gasteiger partial charge in [0.15, 0.2) is 0 Å². The highest BCUT2D eigenvalue weighted by Crippen LogP contribution is 2.36. The van der Waals surface area contributed by atoms with Crippen molar-refractivity contribution in [2.24, 2.45) is 0 Å². The van der Waals surface area contributed by atoms with Crippen LogP contribution in [0.4, 0.5) is 0 Å². The largest absolute Gasteiger partial charge is 0.469 e. The molecule has 0 N–H and O–H groups in total. The second kappa shape index (κ2) is 4.54. The van der Waals surface area contributed by atoms with Crippen molar-refractivity contribution < 1.29 is 4.42 Å². The summed E-state index contributed by atoms with van der Waals surface area (Å²) in [5, 5.41) is 0. The van der Waals surface area contributed by atoms with Crippen molar-refractivity contribution in [1.82, 2.24) is 0 Å². The number of alkyl halides is 1. The molecule has 80 valence electrons. The summed E-state index contributed by atoms with van der Waals surface area (Å²) in [5.41, 5.74) is 1.19. The highest BCUT2D eigenvalue weighted by molar-refractivity contribution is 9.09. The fourth-order valence-electron chi connectivity index (χ4n) is 1.48. The summed E-state index contributed by atoms with van der Waals surface area (Å²) < 4.78 is 5.31. The number of hydrogen-bond donors (Lipinski definition) is 0. The summed E-state index contributed by atoms with van der Waals surface area (Å²) in [5.74, 6) is 0.960. The van der Waals surface area contributed by atoms with Crippen molar-refractivity contribution >= 4 is 27.3 Å². The van der Waals surface area contributed by atoms with E-state index in [1.54, 1.807) is 0 Å². The van der Waals surface area contributed by atoms with Gasteiger partial charge in [-0.2, -0.15) is 0 Å². The van der Waals surface area contributed by atoms with Gasteiger partial charge in [0, 0.05) is 15.3 Å². The number of aryl methyl sites for hydroxylation is 2. The summed E-state index contributed by atoms with van der Waals surface area (Å²) in [6, 6.07) is 6.46. The minimum Gasteiger partial charge on any atom is -0.469 e. The van der Waals surface area contributed by atoms with Crippen LogP contribution in [-0.4, -0.2) is 0 Å². The smallest absolute Gasteiger partial charge is 0.101 e. The molecule has 0 radical (unpaired) electrons. The van der Waals surface area contributed by atoms with E-state index in [1.807, 2.05) is 24.5 Å². The molecular formula is C12H13BrOS.